The lowest BCUT2D eigenvalue weighted by atomic mass is 10.1. The average molecular weight is 345 g/mol. The summed E-state index contributed by atoms with van der Waals surface area (Å²) in [4.78, 5) is 2.13. The van der Waals surface area contributed by atoms with E-state index in [4.69, 9.17) is 4.74 Å². The Morgan fingerprint density at radius 2 is 1.62 bits per heavy atom. The van der Waals surface area contributed by atoms with Crippen LogP contribution in [0.25, 0.3) is 6.08 Å². The molecule has 1 unspecified atom stereocenters. The summed E-state index contributed by atoms with van der Waals surface area (Å²) in [5, 5.41) is 19.3. The van der Waals surface area contributed by atoms with Crippen LogP contribution in [-0.4, -0.2) is 10.2 Å². The number of phenolic OH excluding ortho intramolecular Hbond substituents is 2. The summed E-state index contributed by atoms with van der Waals surface area (Å²) >= 11 is 0. The summed E-state index contributed by atoms with van der Waals surface area (Å²) in [5.41, 5.74) is 2.92. The molecule has 130 valence electrons. The standard InChI is InChI=1S/C22H19NO3/c1-15(17-7-3-2-4-8-17)23-18-9-5-6-10-21(18)26-22(23)14-16-11-12-19(24)20(25)13-16/h2-15,24-25H,1H3/b22-14-. The first-order valence-electron chi connectivity index (χ1n) is 8.48. The maximum Gasteiger partial charge on any atom is 0.201 e. The van der Waals surface area contributed by atoms with Crippen molar-refractivity contribution >= 4 is 11.8 Å². The quantitative estimate of drug-likeness (QED) is 0.652. The fraction of sp³-hybridized carbons (Fsp3) is 0.0909. The van der Waals surface area contributed by atoms with E-state index in [0.717, 1.165) is 17.0 Å². The Balaban J connectivity index is 1.78. The van der Waals surface area contributed by atoms with Gasteiger partial charge in [0, 0.05) is 6.08 Å². The molecule has 0 saturated heterocycles. The van der Waals surface area contributed by atoms with Gasteiger partial charge in [-0.3, -0.25) is 0 Å². The van der Waals surface area contributed by atoms with Gasteiger partial charge in [-0.05, 0) is 42.3 Å². The number of fused-ring (bicyclic) bond motifs is 1. The van der Waals surface area contributed by atoms with Crippen LogP contribution in [-0.2, 0) is 0 Å². The largest absolute Gasteiger partial charge is 0.504 e. The third-order valence-corrected chi connectivity index (χ3v) is 4.54. The second-order valence-corrected chi connectivity index (χ2v) is 6.26. The van der Waals surface area contributed by atoms with Crippen LogP contribution in [0.3, 0.4) is 0 Å². The van der Waals surface area contributed by atoms with Crippen molar-refractivity contribution in [2.45, 2.75) is 13.0 Å². The first-order valence-corrected chi connectivity index (χ1v) is 8.48. The van der Waals surface area contributed by atoms with E-state index in [1.165, 1.54) is 17.7 Å². The van der Waals surface area contributed by atoms with Crippen molar-refractivity contribution < 1.29 is 14.9 Å². The average Bonchev–Trinajstić information content (AvgIpc) is 3.02. The number of phenols is 2. The van der Waals surface area contributed by atoms with Gasteiger partial charge < -0.3 is 19.8 Å². The van der Waals surface area contributed by atoms with Crippen molar-refractivity contribution in [1.82, 2.24) is 0 Å². The Bertz CT molecular complexity index is 966. The first kappa shape index (κ1) is 16.1. The Hall–Kier alpha value is -3.40. The molecule has 0 saturated carbocycles. The zero-order valence-corrected chi connectivity index (χ0v) is 14.3. The Kier molecular flexibility index (Phi) is 4.01. The molecule has 1 heterocycles. The minimum Gasteiger partial charge on any atom is -0.504 e. The third kappa shape index (κ3) is 2.86. The summed E-state index contributed by atoms with van der Waals surface area (Å²) in [6, 6.07) is 22.9. The van der Waals surface area contributed by atoms with E-state index in [2.05, 4.69) is 24.0 Å². The van der Waals surface area contributed by atoms with Crippen LogP contribution in [0.15, 0.2) is 78.7 Å². The summed E-state index contributed by atoms with van der Waals surface area (Å²) in [7, 11) is 0. The van der Waals surface area contributed by atoms with Crippen molar-refractivity contribution in [2.24, 2.45) is 0 Å². The number of nitrogens with zero attached hydrogens (tertiary/aromatic N) is 1. The molecule has 0 aromatic heterocycles. The molecule has 0 aliphatic carbocycles. The highest BCUT2D eigenvalue weighted by Crippen LogP contribution is 2.44. The number of anilines is 1. The van der Waals surface area contributed by atoms with Gasteiger partial charge in [-0.2, -0.15) is 0 Å². The van der Waals surface area contributed by atoms with E-state index in [0.29, 0.717) is 5.88 Å². The molecule has 4 nitrogen and oxygen atoms in total. The topological polar surface area (TPSA) is 52.9 Å². The van der Waals surface area contributed by atoms with Gasteiger partial charge in [0.25, 0.3) is 0 Å². The predicted octanol–water partition coefficient (Wildman–Crippen LogP) is 5.06. The van der Waals surface area contributed by atoms with Gasteiger partial charge in [0.15, 0.2) is 17.2 Å². The highest BCUT2D eigenvalue weighted by atomic mass is 16.5. The fourth-order valence-corrected chi connectivity index (χ4v) is 3.17. The molecule has 0 spiro atoms. The zero-order chi connectivity index (χ0) is 18.1. The van der Waals surface area contributed by atoms with Crippen molar-refractivity contribution in [3.63, 3.8) is 0 Å². The lowest BCUT2D eigenvalue weighted by Crippen LogP contribution is -2.24. The smallest absolute Gasteiger partial charge is 0.201 e. The molecule has 0 radical (unpaired) electrons. The van der Waals surface area contributed by atoms with Gasteiger partial charge in [-0.25, -0.2) is 0 Å². The third-order valence-electron chi connectivity index (χ3n) is 4.54. The number of hydrogen-bond acceptors (Lipinski definition) is 4. The number of ether oxygens (including phenoxy) is 1. The molecule has 0 fully saturated rings. The van der Waals surface area contributed by atoms with Crippen LogP contribution in [0.4, 0.5) is 5.69 Å². The van der Waals surface area contributed by atoms with Gasteiger partial charge in [0.2, 0.25) is 5.88 Å². The lowest BCUT2D eigenvalue weighted by Gasteiger charge is -2.26. The molecule has 0 bridgehead atoms. The molecule has 4 heteroatoms. The molecular weight excluding hydrogens is 326 g/mol. The summed E-state index contributed by atoms with van der Waals surface area (Å²) in [6.07, 6.45) is 1.86. The Morgan fingerprint density at radius 3 is 2.38 bits per heavy atom. The van der Waals surface area contributed by atoms with Crippen molar-refractivity contribution in [1.29, 1.82) is 0 Å². The summed E-state index contributed by atoms with van der Waals surface area (Å²) in [6.45, 7) is 2.13. The Labute approximate surface area is 152 Å². The van der Waals surface area contributed by atoms with Gasteiger partial charge in [-0.15, -0.1) is 0 Å². The molecule has 3 aromatic rings. The minimum absolute atomic E-state index is 0.0665. The maximum atomic E-state index is 9.77. The van der Waals surface area contributed by atoms with Crippen LogP contribution in [0.1, 0.15) is 24.1 Å². The van der Waals surface area contributed by atoms with E-state index < -0.39 is 0 Å². The second-order valence-electron chi connectivity index (χ2n) is 6.26. The van der Waals surface area contributed by atoms with E-state index in [9.17, 15) is 10.2 Å². The van der Waals surface area contributed by atoms with Gasteiger partial charge in [-0.1, -0.05) is 48.5 Å². The lowest BCUT2D eigenvalue weighted by molar-refractivity contribution is 0.403. The molecule has 0 amide bonds. The van der Waals surface area contributed by atoms with E-state index in [-0.39, 0.29) is 17.5 Å². The normalized spacial score (nSPS) is 15.6. The van der Waals surface area contributed by atoms with Gasteiger partial charge in [0.1, 0.15) is 0 Å². The molecular formula is C22H19NO3. The molecule has 26 heavy (non-hydrogen) atoms. The zero-order valence-electron chi connectivity index (χ0n) is 14.3. The molecule has 4 rings (SSSR count). The minimum atomic E-state index is -0.155. The molecule has 3 aromatic carbocycles. The number of hydrogen-bond donors (Lipinski definition) is 2. The summed E-state index contributed by atoms with van der Waals surface area (Å²) < 4.78 is 6.08. The monoisotopic (exact) mass is 345 g/mol. The van der Waals surface area contributed by atoms with Crippen LogP contribution in [0.2, 0.25) is 0 Å². The highest BCUT2D eigenvalue weighted by molar-refractivity contribution is 5.72. The van der Waals surface area contributed by atoms with E-state index >= 15 is 0 Å². The number of aromatic hydroxyl groups is 2. The van der Waals surface area contributed by atoms with E-state index in [1.807, 2.05) is 48.5 Å². The van der Waals surface area contributed by atoms with Crippen LogP contribution in [0.5, 0.6) is 17.2 Å². The van der Waals surface area contributed by atoms with Crippen LogP contribution < -0.4 is 9.64 Å². The van der Waals surface area contributed by atoms with Crippen molar-refractivity contribution in [3.8, 4) is 17.2 Å². The second kappa shape index (κ2) is 6.48. The van der Waals surface area contributed by atoms with Gasteiger partial charge in [0.05, 0.1) is 11.7 Å². The van der Waals surface area contributed by atoms with Crippen molar-refractivity contribution in [3.05, 3.63) is 89.8 Å². The van der Waals surface area contributed by atoms with Crippen LogP contribution >= 0.6 is 0 Å². The van der Waals surface area contributed by atoms with E-state index in [1.54, 1.807) is 6.07 Å². The molecule has 2 N–H and O–H groups in total. The maximum absolute atomic E-state index is 9.77. The Morgan fingerprint density at radius 1 is 0.885 bits per heavy atom. The number of rotatable bonds is 3. The summed E-state index contributed by atoms with van der Waals surface area (Å²) in [5.74, 6) is 1.17. The molecule has 1 atom stereocenters. The van der Waals surface area contributed by atoms with Crippen molar-refractivity contribution in [2.75, 3.05) is 4.90 Å². The molecule has 1 aliphatic rings. The first-order chi connectivity index (χ1) is 12.6. The SMILES string of the molecule is CC(c1ccccc1)N1/C(=C/c2ccc(O)c(O)c2)Oc2ccccc21. The number of para-hydroxylation sites is 2. The fourth-order valence-electron chi connectivity index (χ4n) is 3.17. The number of benzene rings is 3. The molecule has 1 aliphatic heterocycles. The highest BCUT2D eigenvalue weighted by Gasteiger charge is 2.30. The predicted molar refractivity (Wildman–Crippen MR) is 102 cm³/mol. The van der Waals surface area contributed by atoms with Gasteiger partial charge >= 0.3 is 0 Å². The van der Waals surface area contributed by atoms with Crippen LogP contribution in [0, 0.1) is 0 Å².